The number of anilines is 1. The first-order chi connectivity index (χ1) is 13.4. The van der Waals surface area contributed by atoms with E-state index in [1.807, 2.05) is 12.1 Å². The second-order valence-corrected chi connectivity index (χ2v) is 6.06. The molecule has 0 radical (unpaired) electrons. The van der Waals surface area contributed by atoms with Crippen molar-refractivity contribution in [2.24, 2.45) is 0 Å². The number of amides is 1. The van der Waals surface area contributed by atoms with Crippen LogP contribution in [0.25, 0.3) is 11.0 Å². The molecule has 0 aliphatic carbocycles. The number of nitrogens with zero attached hydrogens (tertiary/aromatic N) is 4. The van der Waals surface area contributed by atoms with Crippen LogP contribution in [0.4, 0.5) is 18.9 Å². The third-order valence-electron chi connectivity index (χ3n) is 4.04. The summed E-state index contributed by atoms with van der Waals surface area (Å²) in [6, 6.07) is 11.3. The van der Waals surface area contributed by atoms with Gasteiger partial charge in [0.05, 0.1) is 17.6 Å². The predicted molar refractivity (Wildman–Crippen MR) is 94.6 cm³/mol. The summed E-state index contributed by atoms with van der Waals surface area (Å²) in [5.41, 5.74) is 2.04. The molecule has 142 valence electrons. The van der Waals surface area contributed by atoms with Gasteiger partial charge in [0.15, 0.2) is 0 Å². The van der Waals surface area contributed by atoms with Crippen LogP contribution in [0.2, 0.25) is 0 Å². The summed E-state index contributed by atoms with van der Waals surface area (Å²) in [5, 5.41) is 6.74. The Morgan fingerprint density at radius 3 is 2.61 bits per heavy atom. The number of hydrogen-bond acceptors (Lipinski definition) is 4. The average molecular weight is 386 g/mol. The Balaban J connectivity index is 1.48. The Labute approximate surface area is 156 Å². The van der Waals surface area contributed by atoms with E-state index in [-0.39, 0.29) is 16.6 Å². The lowest BCUT2D eigenvalue weighted by Gasteiger charge is -2.07. The molecule has 10 heteroatoms. The summed E-state index contributed by atoms with van der Waals surface area (Å²) in [7, 11) is 0. The third kappa shape index (κ3) is 3.70. The quantitative estimate of drug-likeness (QED) is 0.562. The van der Waals surface area contributed by atoms with Crippen LogP contribution in [0.1, 0.15) is 21.7 Å². The fraction of sp³-hybridized carbons (Fsp3) is 0.111. The topological polar surface area (TPSA) is 88.5 Å². The van der Waals surface area contributed by atoms with Crippen LogP contribution in [0.5, 0.6) is 0 Å². The first kappa shape index (κ1) is 17.7. The van der Waals surface area contributed by atoms with Crippen LogP contribution < -0.4 is 5.32 Å². The number of fused-ring (bicyclic) bond motifs is 1. The zero-order chi connectivity index (χ0) is 19.7. The zero-order valence-electron chi connectivity index (χ0n) is 14.2. The highest BCUT2D eigenvalue weighted by molar-refractivity contribution is 6.05. The molecule has 2 aromatic carbocycles. The monoisotopic (exact) mass is 386 g/mol. The van der Waals surface area contributed by atoms with Gasteiger partial charge in [-0.1, -0.05) is 12.1 Å². The number of aromatic nitrogens is 5. The number of benzene rings is 2. The number of halogens is 3. The van der Waals surface area contributed by atoms with Gasteiger partial charge in [0, 0.05) is 11.3 Å². The lowest BCUT2D eigenvalue weighted by atomic mass is 10.1. The number of imidazole rings is 1. The van der Waals surface area contributed by atoms with Crippen LogP contribution >= 0.6 is 0 Å². The van der Waals surface area contributed by atoms with E-state index >= 15 is 0 Å². The minimum atomic E-state index is -4.57. The zero-order valence-corrected chi connectivity index (χ0v) is 14.2. The maximum absolute atomic E-state index is 12.7. The van der Waals surface area contributed by atoms with Crippen molar-refractivity contribution in [3.63, 3.8) is 0 Å². The molecule has 0 saturated carbocycles. The Morgan fingerprint density at radius 1 is 1.14 bits per heavy atom. The summed E-state index contributed by atoms with van der Waals surface area (Å²) in [6.45, 7) is 0.548. The average Bonchev–Trinajstić information content (AvgIpc) is 3.31. The van der Waals surface area contributed by atoms with Crippen molar-refractivity contribution in [2.45, 2.75) is 12.7 Å². The molecule has 2 aromatic heterocycles. The number of H-pyrrole nitrogens is 1. The minimum absolute atomic E-state index is 0.140. The summed E-state index contributed by atoms with van der Waals surface area (Å²) in [5.74, 6) is -1.53. The second-order valence-electron chi connectivity index (χ2n) is 6.06. The van der Waals surface area contributed by atoms with Gasteiger partial charge in [0.25, 0.3) is 5.91 Å². The lowest BCUT2D eigenvalue weighted by molar-refractivity contribution is -0.144. The highest BCUT2D eigenvalue weighted by Gasteiger charge is 2.34. The number of carbonyl (C=O) groups excluding carboxylic acids is 1. The van der Waals surface area contributed by atoms with Crippen molar-refractivity contribution < 1.29 is 18.0 Å². The Morgan fingerprint density at radius 2 is 1.93 bits per heavy atom. The molecule has 0 aliphatic rings. The van der Waals surface area contributed by atoms with Gasteiger partial charge in [-0.25, -0.2) is 14.6 Å². The van der Waals surface area contributed by atoms with Gasteiger partial charge in [0.1, 0.15) is 12.7 Å². The van der Waals surface area contributed by atoms with Crippen LogP contribution in [-0.4, -0.2) is 30.6 Å². The van der Waals surface area contributed by atoms with Gasteiger partial charge >= 0.3 is 6.18 Å². The highest BCUT2D eigenvalue weighted by Crippen LogP contribution is 2.28. The van der Waals surface area contributed by atoms with E-state index in [4.69, 9.17) is 0 Å². The first-order valence-corrected chi connectivity index (χ1v) is 8.18. The fourth-order valence-corrected chi connectivity index (χ4v) is 2.68. The summed E-state index contributed by atoms with van der Waals surface area (Å²) in [4.78, 5) is 22.0. The van der Waals surface area contributed by atoms with E-state index in [2.05, 4.69) is 25.4 Å². The number of rotatable bonds is 4. The molecule has 0 aliphatic heterocycles. The number of hydrogen-bond donors (Lipinski definition) is 2. The molecule has 0 saturated heterocycles. The van der Waals surface area contributed by atoms with Gasteiger partial charge in [-0.15, -0.1) is 0 Å². The summed E-state index contributed by atoms with van der Waals surface area (Å²) < 4.78 is 39.9. The molecule has 28 heavy (non-hydrogen) atoms. The normalized spacial score (nSPS) is 11.7. The number of nitrogens with one attached hydrogen (secondary N) is 2. The smallest absolute Gasteiger partial charge is 0.334 e. The number of carbonyl (C=O) groups is 1. The van der Waals surface area contributed by atoms with Crippen molar-refractivity contribution in [1.82, 2.24) is 24.7 Å². The lowest BCUT2D eigenvalue weighted by Crippen LogP contribution is -2.11. The van der Waals surface area contributed by atoms with Crippen LogP contribution in [0.15, 0.2) is 55.1 Å². The van der Waals surface area contributed by atoms with Gasteiger partial charge < -0.3 is 10.3 Å². The Bertz CT molecular complexity index is 1120. The molecule has 0 unspecified atom stereocenters. The van der Waals surface area contributed by atoms with Gasteiger partial charge in [-0.2, -0.15) is 18.3 Å². The molecule has 4 rings (SSSR count). The first-order valence-electron chi connectivity index (χ1n) is 8.18. The molecular weight excluding hydrogens is 373 g/mol. The highest BCUT2D eigenvalue weighted by atomic mass is 19.4. The van der Waals surface area contributed by atoms with Crippen molar-refractivity contribution >= 4 is 22.6 Å². The van der Waals surface area contributed by atoms with E-state index in [9.17, 15) is 18.0 Å². The SMILES string of the molecule is O=C(Nc1ccc(Cn2cncn2)cc1)c1ccc2nc(C(F)(F)F)[nH]c2c1. The predicted octanol–water partition coefficient (Wildman–Crippen LogP) is 3.47. The maximum atomic E-state index is 12.7. The Kier molecular flexibility index (Phi) is 4.30. The molecule has 2 heterocycles. The van der Waals surface area contributed by atoms with Gasteiger partial charge in [-0.3, -0.25) is 4.79 Å². The fourth-order valence-electron chi connectivity index (χ4n) is 2.68. The summed E-state index contributed by atoms with van der Waals surface area (Å²) in [6.07, 6.45) is -1.52. The van der Waals surface area contributed by atoms with Crippen LogP contribution in [0.3, 0.4) is 0 Å². The van der Waals surface area contributed by atoms with E-state index in [0.717, 1.165) is 5.56 Å². The molecule has 0 fully saturated rings. The number of aromatic amines is 1. The Hall–Kier alpha value is -3.69. The molecule has 0 bridgehead atoms. The van der Waals surface area contributed by atoms with E-state index in [1.165, 1.54) is 24.5 Å². The summed E-state index contributed by atoms with van der Waals surface area (Å²) >= 11 is 0. The molecule has 1 amide bonds. The van der Waals surface area contributed by atoms with E-state index in [1.54, 1.807) is 23.1 Å². The largest absolute Gasteiger partial charge is 0.449 e. The van der Waals surface area contributed by atoms with Crippen LogP contribution in [0, 0.1) is 0 Å². The molecule has 0 spiro atoms. The minimum Gasteiger partial charge on any atom is -0.334 e. The molecular formula is C18H13F3N6O. The molecule has 7 nitrogen and oxygen atoms in total. The van der Waals surface area contributed by atoms with Crippen molar-refractivity contribution in [3.8, 4) is 0 Å². The number of alkyl halides is 3. The molecule has 2 N–H and O–H groups in total. The van der Waals surface area contributed by atoms with Crippen molar-refractivity contribution in [3.05, 3.63) is 72.1 Å². The van der Waals surface area contributed by atoms with Gasteiger partial charge in [-0.05, 0) is 35.9 Å². The second kappa shape index (κ2) is 6.80. The van der Waals surface area contributed by atoms with Gasteiger partial charge in [0.2, 0.25) is 5.82 Å². The standard InChI is InChI=1S/C18H13F3N6O/c19-18(20,21)17-25-14-6-3-12(7-15(14)26-17)16(28)24-13-4-1-11(2-5-13)8-27-10-22-9-23-27/h1-7,9-10H,8H2,(H,24,28)(H,25,26). The van der Waals surface area contributed by atoms with Crippen LogP contribution in [-0.2, 0) is 12.7 Å². The van der Waals surface area contributed by atoms with Crippen molar-refractivity contribution in [2.75, 3.05) is 5.32 Å². The third-order valence-corrected chi connectivity index (χ3v) is 4.04. The van der Waals surface area contributed by atoms with E-state index < -0.39 is 17.9 Å². The molecule has 4 aromatic rings. The maximum Gasteiger partial charge on any atom is 0.449 e. The van der Waals surface area contributed by atoms with E-state index in [0.29, 0.717) is 12.2 Å². The van der Waals surface area contributed by atoms with Crippen molar-refractivity contribution in [1.29, 1.82) is 0 Å². The molecule has 0 atom stereocenters.